The Morgan fingerprint density at radius 2 is 2.19 bits per heavy atom. The van der Waals surface area contributed by atoms with Crippen molar-refractivity contribution in [1.82, 2.24) is 9.36 Å². The van der Waals surface area contributed by atoms with Crippen molar-refractivity contribution in [3.8, 4) is 6.07 Å². The third-order valence-corrected chi connectivity index (χ3v) is 5.65. The van der Waals surface area contributed by atoms with Crippen LogP contribution in [-0.4, -0.2) is 21.3 Å². The van der Waals surface area contributed by atoms with Gasteiger partial charge in [0.15, 0.2) is 5.69 Å². The molecule has 1 saturated carbocycles. The first kappa shape index (κ1) is 19.1. The van der Waals surface area contributed by atoms with Crippen molar-refractivity contribution < 1.29 is 4.79 Å². The van der Waals surface area contributed by atoms with Crippen molar-refractivity contribution in [3.63, 3.8) is 0 Å². The molecule has 1 amide bonds. The SMILES string of the molecule is Cc1cc(Nc2cc(NC(CC3CCCCC3)C(N)=O)cnc2C#N)sn1. The van der Waals surface area contributed by atoms with Crippen LogP contribution < -0.4 is 16.4 Å². The molecule has 1 aliphatic rings. The summed E-state index contributed by atoms with van der Waals surface area (Å²) in [7, 11) is 0. The van der Waals surface area contributed by atoms with Crippen molar-refractivity contribution >= 4 is 33.8 Å². The van der Waals surface area contributed by atoms with Crippen LogP contribution in [0.3, 0.4) is 0 Å². The van der Waals surface area contributed by atoms with Gasteiger partial charge >= 0.3 is 0 Å². The number of carbonyl (C=O) groups excluding carboxylic acids is 1. The van der Waals surface area contributed by atoms with Gasteiger partial charge in [-0.25, -0.2) is 4.98 Å². The molecule has 0 spiro atoms. The van der Waals surface area contributed by atoms with Gasteiger partial charge in [-0.1, -0.05) is 32.1 Å². The van der Waals surface area contributed by atoms with E-state index in [9.17, 15) is 10.1 Å². The van der Waals surface area contributed by atoms with Gasteiger partial charge in [-0.2, -0.15) is 9.64 Å². The number of primary amides is 1. The van der Waals surface area contributed by atoms with Gasteiger partial charge in [-0.05, 0) is 42.9 Å². The topological polar surface area (TPSA) is 117 Å². The second kappa shape index (κ2) is 8.82. The molecule has 0 aliphatic heterocycles. The van der Waals surface area contributed by atoms with Crippen molar-refractivity contribution in [2.45, 2.75) is 51.5 Å². The van der Waals surface area contributed by atoms with Crippen LogP contribution in [0.2, 0.25) is 0 Å². The van der Waals surface area contributed by atoms with Crippen molar-refractivity contribution in [1.29, 1.82) is 5.26 Å². The zero-order valence-corrected chi connectivity index (χ0v) is 16.2. The van der Waals surface area contributed by atoms with Crippen LogP contribution >= 0.6 is 11.5 Å². The highest BCUT2D eigenvalue weighted by molar-refractivity contribution is 7.10. The molecule has 0 bridgehead atoms. The minimum Gasteiger partial charge on any atom is -0.372 e. The summed E-state index contributed by atoms with van der Waals surface area (Å²) in [5, 5.41) is 16.5. The molecule has 4 N–H and O–H groups in total. The number of rotatable bonds is 7. The standard InChI is InChI=1S/C19H24N6OS/c1-12-7-18(27-25-12)24-15-9-14(11-22-17(15)10-20)23-16(19(21)26)8-13-5-3-2-4-6-13/h7,9,11,13,16,23-24H,2-6,8H2,1H3,(H2,21,26). The molecule has 2 aromatic rings. The van der Waals surface area contributed by atoms with Crippen LogP contribution in [0.15, 0.2) is 18.3 Å². The van der Waals surface area contributed by atoms with Gasteiger partial charge in [0, 0.05) is 0 Å². The highest BCUT2D eigenvalue weighted by Crippen LogP contribution is 2.29. The van der Waals surface area contributed by atoms with Crippen LogP contribution in [0.4, 0.5) is 16.4 Å². The fourth-order valence-corrected chi connectivity index (χ4v) is 4.16. The quantitative estimate of drug-likeness (QED) is 0.670. The Morgan fingerprint density at radius 3 is 2.81 bits per heavy atom. The number of nitrogens with zero attached hydrogens (tertiary/aromatic N) is 3. The molecule has 0 aromatic carbocycles. The number of anilines is 3. The molecule has 0 radical (unpaired) electrons. The van der Waals surface area contributed by atoms with E-state index in [1.165, 1.54) is 30.8 Å². The van der Waals surface area contributed by atoms with Crippen LogP contribution in [0.25, 0.3) is 0 Å². The van der Waals surface area contributed by atoms with Crippen molar-refractivity contribution in [2.75, 3.05) is 10.6 Å². The summed E-state index contributed by atoms with van der Waals surface area (Å²) in [6.45, 7) is 1.91. The number of hydrogen-bond donors (Lipinski definition) is 3. The van der Waals surface area contributed by atoms with Gasteiger partial charge < -0.3 is 16.4 Å². The predicted octanol–water partition coefficient (Wildman–Crippen LogP) is 3.70. The lowest BCUT2D eigenvalue weighted by Gasteiger charge is -2.26. The predicted molar refractivity (Wildman–Crippen MR) is 107 cm³/mol. The number of carbonyl (C=O) groups is 1. The molecule has 8 heteroatoms. The first-order valence-electron chi connectivity index (χ1n) is 9.21. The summed E-state index contributed by atoms with van der Waals surface area (Å²) >= 11 is 1.32. The molecular formula is C19H24N6OS. The Hall–Kier alpha value is -2.66. The van der Waals surface area contributed by atoms with Gasteiger partial charge in [0.25, 0.3) is 0 Å². The molecular weight excluding hydrogens is 360 g/mol. The van der Waals surface area contributed by atoms with Gasteiger partial charge in [-0.3, -0.25) is 4.79 Å². The Bertz CT molecular complexity index is 837. The van der Waals surface area contributed by atoms with Crippen LogP contribution in [0.5, 0.6) is 0 Å². The van der Waals surface area contributed by atoms with E-state index < -0.39 is 6.04 Å². The first-order chi connectivity index (χ1) is 13.0. The summed E-state index contributed by atoms with van der Waals surface area (Å²) < 4.78 is 4.23. The zero-order chi connectivity index (χ0) is 19.2. The number of aryl methyl sites for hydroxylation is 1. The van der Waals surface area contributed by atoms with Gasteiger partial charge in [0.2, 0.25) is 5.91 Å². The molecule has 2 aromatic heterocycles. The minimum absolute atomic E-state index is 0.287. The van der Waals surface area contributed by atoms with E-state index in [4.69, 9.17) is 5.73 Å². The largest absolute Gasteiger partial charge is 0.372 e. The van der Waals surface area contributed by atoms with Crippen LogP contribution in [0, 0.1) is 24.2 Å². The Kier molecular flexibility index (Phi) is 6.24. The molecule has 1 fully saturated rings. The number of nitriles is 1. The van der Waals surface area contributed by atoms with Gasteiger partial charge in [0.05, 0.1) is 23.3 Å². The van der Waals surface area contributed by atoms with E-state index in [0.29, 0.717) is 17.3 Å². The smallest absolute Gasteiger partial charge is 0.239 e. The third-order valence-electron chi connectivity index (χ3n) is 4.86. The number of nitrogens with one attached hydrogen (secondary N) is 2. The van der Waals surface area contributed by atoms with Crippen molar-refractivity contribution in [3.05, 3.63) is 29.7 Å². The monoisotopic (exact) mass is 384 g/mol. The van der Waals surface area contributed by atoms with Crippen molar-refractivity contribution in [2.24, 2.45) is 11.7 Å². The average molecular weight is 385 g/mol. The molecule has 1 aliphatic carbocycles. The lowest BCUT2D eigenvalue weighted by Crippen LogP contribution is -2.37. The van der Waals surface area contributed by atoms with E-state index in [1.807, 2.05) is 13.0 Å². The molecule has 1 unspecified atom stereocenters. The summed E-state index contributed by atoms with van der Waals surface area (Å²) in [4.78, 5) is 16.1. The molecule has 1 atom stereocenters. The molecule has 7 nitrogen and oxygen atoms in total. The normalized spacial score (nSPS) is 15.7. The molecule has 0 saturated heterocycles. The fraction of sp³-hybridized carbons (Fsp3) is 0.474. The maximum atomic E-state index is 11.9. The number of amides is 1. The lowest BCUT2D eigenvalue weighted by atomic mass is 9.84. The Balaban J connectivity index is 1.75. The zero-order valence-electron chi connectivity index (χ0n) is 15.4. The highest BCUT2D eigenvalue weighted by Gasteiger charge is 2.23. The minimum atomic E-state index is -0.443. The Labute approximate surface area is 163 Å². The summed E-state index contributed by atoms with van der Waals surface area (Å²) in [5.74, 6) is 0.158. The van der Waals surface area contributed by atoms with E-state index in [2.05, 4.69) is 26.1 Å². The molecule has 142 valence electrons. The van der Waals surface area contributed by atoms with Crippen LogP contribution in [0.1, 0.15) is 49.9 Å². The summed E-state index contributed by atoms with van der Waals surface area (Å²) in [5.41, 5.74) is 8.06. The van der Waals surface area contributed by atoms with E-state index in [0.717, 1.165) is 30.0 Å². The highest BCUT2D eigenvalue weighted by atomic mass is 32.1. The first-order valence-corrected chi connectivity index (χ1v) is 9.99. The fourth-order valence-electron chi connectivity index (χ4n) is 3.49. The summed E-state index contributed by atoms with van der Waals surface area (Å²) in [6, 6.07) is 5.33. The summed E-state index contributed by atoms with van der Waals surface area (Å²) in [6.07, 6.45) is 8.30. The average Bonchev–Trinajstić information content (AvgIpc) is 3.07. The maximum absolute atomic E-state index is 11.9. The number of pyridine rings is 1. The van der Waals surface area contributed by atoms with E-state index in [-0.39, 0.29) is 11.6 Å². The Morgan fingerprint density at radius 1 is 1.41 bits per heavy atom. The molecule has 2 heterocycles. The third kappa shape index (κ3) is 5.17. The molecule has 27 heavy (non-hydrogen) atoms. The van der Waals surface area contributed by atoms with Crippen LogP contribution in [-0.2, 0) is 4.79 Å². The van der Waals surface area contributed by atoms with E-state index in [1.54, 1.807) is 12.3 Å². The number of nitrogens with two attached hydrogens (primary N) is 1. The number of aromatic nitrogens is 2. The van der Waals surface area contributed by atoms with Gasteiger partial charge in [0.1, 0.15) is 17.1 Å². The second-order valence-electron chi connectivity index (χ2n) is 7.03. The lowest BCUT2D eigenvalue weighted by molar-refractivity contribution is -0.119. The maximum Gasteiger partial charge on any atom is 0.239 e. The molecule has 3 rings (SSSR count). The van der Waals surface area contributed by atoms with Gasteiger partial charge in [-0.15, -0.1) is 0 Å². The number of hydrogen-bond acceptors (Lipinski definition) is 7. The van der Waals surface area contributed by atoms with E-state index >= 15 is 0 Å². The second-order valence-corrected chi connectivity index (χ2v) is 7.83.